The topological polar surface area (TPSA) is 63.5 Å². The molecule has 1 aromatic heterocycles. The highest BCUT2D eigenvalue weighted by Gasteiger charge is 2.28. The van der Waals surface area contributed by atoms with Crippen LogP contribution in [0, 0.1) is 6.92 Å². The first-order valence-electron chi connectivity index (χ1n) is 10.6. The van der Waals surface area contributed by atoms with E-state index >= 15 is 0 Å². The quantitative estimate of drug-likeness (QED) is 0.793. The Morgan fingerprint density at radius 1 is 1.14 bits per heavy atom. The van der Waals surface area contributed by atoms with E-state index in [1.165, 1.54) is 11.1 Å². The van der Waals surface area contributed by atoms with E-state index in [2.05, 4.69) is 44.8 Å². The highest BCUT2D eigenvalue weighted by molar-refractivity contribution is 5.73. The fraction of sp³-hybridized carbons (Fsp3) is 0.591. The van der Waals surface area contributed by atoms with E-state index in [1.807, 2.05) is 4.90 Å². The second-order valence-corrected chi connectivity index (χ2v) is 8.25. The molecule has 2 aliphatic heterocycles. The van der Waals surface area contributed by atoms with E-state index in [-0.39, 0.29) is 5.91 Å². The zero-order chi connectivity index (χ0) is 20.4. The molecule has 1 aromatic carbocycles. The third-order valence-corrected chi connectivity index (χ3v) is 6.29. The van der Waals surface area contributed by atoms with Crippen molar-refractivity contribution in [3.63, 3.8) is 0 Å². The van der Waals surface area contributed by atoms with Crippen molar-refractivity contribution in [2.75, 3.05) is 33.3 Å². The molecule has 0 aliphatic carbocycles. The number of aromatic nitrogens is 3. The van der Waals surface area contributed by atoms with E-state index in [1.54, 1.807) is 14.0 Å². The van der Waals surface area contributed by atoms with Crippen LogP contribution in [0.3, 0.4) is 0 Å². The molecule has 1 fully saturated rings. The van der Waals surface area contributed by atoms with Crippen LogP contribution in [0.2, 0.25) is 0 Å². The number of carbonyl (C=O) groups excluding carboxylic acids is 1. The highest BCUT2D eigenvalue weighted by atomic mass is 16.5. The van der Waals surface area contributed by atoms with Gasteiger partial charge in [0.05, 0.1) is 7.11 Å². The summed E-state index contributed by atoms with van der Waals surface area (Å²) in [4.78, 5) is 16.1. The molecule has 0 saturated carbocycles. The van der Waals surface area contributed by atoms with Crippen molar-refractivity contribution >= 4 is 5.91 Å². The number of aryl methyl sites for hydroxylation is 1. The Morgan fingerprint density at radius 2 is 1.93 bits per heavy atom. The molecule has 2 aliphatic rings. The molecule has 0 atom stereocenters. The second kappa shape index (κ2) is 8.53. The van der Waals surface area contributed by atoms with Crippen molar-refractivity contribution in [3.05, 3.63) is 41.0 Å². The lowest BCUT2D eigenvalue weighted by atomic mass is 9.95. The summed E-state index contributed by atoms with van der Waals surface area (Å²) >= 11 is 0. The average molecular weight is 398 g/mol. The molecule has 4 rings (SSSR count). The number of rotatable bonds is 4. The van der Waals surface area contributed by atoms with Gasteiger partial charge in [0.15, 0.2) is 0 Å². The van der Waals surface area contributed by atoms with Crippen molar-refractivity contribution < 1.29 is 9.53 Å². The van der Waals surface area contributed by atoms with Gasteiger partial charge in [0, 0.05) is 51.0 Å². The number of hydrogen-bond acceptors (Lipinski definition) is 5. The van der Waals surface area contributed by atoms with E-state index in [9.17, 15) is 4.79 Å². The molecular weight excluding hydrogens is 366 g/mol. The Bertz CT molecular complexity index is 870. The van der Waals surface area contributed by atoms with Crippen LogP contribution in [0.1, 0.15) is 48.5 Å². The average Bonchev–Trinajstić information content (AvgIpc) is 3.00. The molecule has 0 bridgehead atoms. The van der Waals surface area contributed by atoms with E-state index < -0.39 is 0 Å². The predicted octanol–water partition coefficient (Wildman–Crippen LogP) is 2.38. The lowest BCUT2D eigenvalue weighted by Crippen LogP contribution is -2.34. The normalized spacial score (nSPS) is 18.4. The van der Waals surface area contributed by atoms with Crippen molar-refractivity contribution in [3.8, 4) is 5.75 Å². The maximum absolute atomic E-state index is 11.7. The van der Waals surface area contributed by atoms with Gasteiger partial charge in [0.1, 0.15) is 17.4 Å². The van der Waals surface area contributed by atoms with Gasteiger partial charge in [-0.1, -0.05) is 12.1 Å². The summed E-state index contributed by atoms with van der Waals surface area (Å²) in [5.74, 6) is 3.69. The summed E-state index contributed by atoms with van der Waals surface area (Å²) in [6, 6.07) is 6.44. The molecule has 0 unspecified atom stereocenters. The van der Waals surface area contributed by atoms with Gasteiger partial charge < -0.3 is 14.2 Å². The third-order valence-electron chi connectivity index (χ3n) is 6.29. The van der Waals surface area contributed by atoms with Gasteiger partial charge in [0.25, 0.3) is 0 Å². The lowest BCUT2D eigenvalue weighted by molar-refractivity contribution is -0.128. The van der Waals surface area contributed by atoms with Gasteiger partial charge in [-0.3, -0.25) is 9.69 Å². The SMILES string of the molecule is COc1cc(C)ccc1CN1CCC(c2nnc3n2CCN(C(C)=O)CC3)CC1. The predicted molar refractivity (Wildman–Crippen MR) is 111 cm³/mol. The summed E-state index contributed by atoms with van der Waals surface area (Å²) in [6.07, 6.45) is 2.96. The van der Waals surface area contributed by atoms with Crippen LogP contribution in [0.25, 0.3) is 0 Å². The number of piperidine rings is 1. The van der Waals surface area contributed by atoms with E-state index in [4.69, 9.17) is 4.74 Å². The maximum atomic E-state index is 11.7. The molecule has 3 heterocycles. The first-order chi connectivity index (χ1) is 14.0. The molecule has 0 spiro atoms. The molecular formula is C22H31N5O2. The first kappa shape index (κ1) is 19.9. The van der Waals surface area contributed by atoms with Crippen LogP contribution in [-0.2, 0) is 24.3 Å². The van der Waals surface area contributed by atoms with Crippen LogP contribution in [0.15, 0.2) is 18.2 Å². The standard InChI is InChI=1S/C22H31N5O2/c1-16-4-5-19(20(14-16)29-3)15-25-9-6-18(7-10-25)22-24-23-21-8-11-26(17(2)28)12-13-27(21)22/h4-5,14,18H,6-13,15H2,1-3H3. The van der Waals surface area contributed by atoms with Crippen molar-refractivity contribution in [2.45, 2.75) is 52.1 Å². The van der Waals surface area contributed by atoms with Crippen molar-refractivity contribution in [1.29, 1.82) is 0 Å². The summed E-state index contributed by atoms with van der Waals surface area (Å²) in [7, 11) is 1.74. The second-order valence-electron chi connectivity index (χ2n) is 8.25. The van der Waals surface area contributed by atoms with Gasteiger partial charge >= 0.3 is 0 Å². The third kappa shape index (κ3) is 4.29. The Balaban J connectivity index is 1.39. The molecule has 1 amide bonds. The number of nitrogens with zero attached hydrogens (tertiary/aromatic N) is 5. The number of hydrogen-bond donors (Lipinski definition) is 0. The molecule has 156 valence electrons. The van der Waals surface area contributed by atoms with Crippen LogP contribution in [0.5, 0.6) is 5.75 Å². The monoisotopic (exact) mass is 397 g/mol. The fourth-order valence-electron chi connectivity index (χ4n) is 4.53. The largest absolute Gasteiger partial charge is 0.496 e. The van der Waals surface area contributed by atoms with Gasteiger partial charge in [-0.25, -0.2) is 0 Å². The minimum Gasteiger partial charge on any atom is -0.496 e. The zero-order valence-electron chi connectivity index (χ0n) is 17.7. The van der Waals surface area contributed by atoms with Crippen molar-refractivity contribution in [1.82, 2.24) is 24.6 Å². The maximum Gasteiger partial charge on any atom is 0.219 e. The van der Waals surface area contributed by atoms with Crippen LogP contribution in [0.4, 0.5) is 0 Å². The molecule has 7 heteroatoms. The smallest absolute Gasteiger partial charge is 0.219 e. The first-order valence-corrected chi connectivity index (χ1v) is 10.6. The molecule has 7 nitrogen and oxygen atoms in total. The Morgan fingerprint density at radius 3 is 2.66 bits per heavy atom. The molecule has 0 N–H and O–H groups in total. The van der Waals surface area contributed by atoms with Crippen LogP contribution in [-0.4, -0.2) is 63.8 Å². The minimum absolute atomic E-state index is 0.144. The van der Waals surface area contributed by atoms with Crippen LogP contribution >= 0.6 is 0 Å². The zero-order valence-corrected chi connectivity index (χ0v) is 17.7. The molecule has 29 heavy (non-hydrogen) atoms. The van der Waals surface area contributed by atoms with Gasteiger partial charge in [-0.15, -0.1) is 10.2 Å². The number of methoxy groups -OCH3 is 1. The summed E-state index contributed by atoms with van der Waals surface area (Å²) in [6.45, 7) is 9.04. The van der Waals surface area contributed by atoms with Crippen LogP contribution < -0.4 is 4.74 Å². The number of fused-ring (bicyclic) bond motifs is 1. The molecule has 1 saturated heterocycles. The number of carbonyl (C=O) groups is 1. The van der Waals surface area contributed by atoms with Gasteiger partial charge in [-0.2, -0.15) is 0 Å². The molecule has 0 radical (unpaired) electrons. The van der Waals surface area contributed by atoms with E-state index in [0.717, 1.165) is 75.9 Å². The summed E-state index contributed by atoms with van der Waals surface area (Å²) in [5, 5.41) is 9.00. The number of amides is 1. The summed E-state index contributed by atoms with van der Waals surface area (Å²) in [5.41, 5.74) is 2.47. The van der Waals surface area contributed by atoms with Gasteiger partial charge in [-0.05, 0) is 44.5 Å². The lowest BCUT2D eigenvalue weighted by Gasteiger charge is -2.32. The van der Waals surface area contributed by atoms with Gasteiger partial charge in [0.2, 0.25) is 5.91 Å². The Labute approximate surface area is 172 Å². The highest BCUT2D eigenvalue weighted by Crippen LogP contribution is 2.30. The number of ether oxygens (including phenoxy) is 1. The van der Waals surface area contributed by atoms with E-state index in [0.29, 0.717) is 5.92 Å². The number of benzene rings is 1. The fourth-order valence-corrected chi connectivity index (χ4v) is 4.53. The molecule has 2 aromatic rings. The van der Waals surface area contributed by atoms with Crippen molar-refractivity contribution in [2.24, 2.45) is 0 Å². The summed E-state index contributed by atoms with van der Waals surface area (Å²) < 4.78 is 7.84. The number of likely N-dealkylation sites (tertiary alicyclic amines) is 1. The Kier molecular flexibility index (Phi) is 5.85. The Hall–Kier alpha value is -2.41. The minimum atomic E-state index is 0.144.